The topological polar surface area (TPSA) is 72.8 Å². The number of amides is 2. The van der Waals surface area contributed by atoms with E-state index in [-0.39, 0.29) is 32.3 Å². The van der Waals surface area contributed by atoms with Gasteiger partial charge >= 0.3 is 6.03 Å². The number of hydrogen-bond donors (Lipinski definition) is 3. The molecule has 23 heavy (non-hydrogen) atoms. The average molecular weight is 335 g/mol. The maximum Gasteiger partial charge on any atom is 0.322 e. The van der Waals surface area contributed by atoms with Gasteiger partial charge in [0.2, 0.25) is 0 Å². The first-order chi connectivity index (χ1) is 11.2. The molecule has 0 fully saturated rings. The molecule has 0 saturated carbocycles. The number of benzene rings is 2. The summed E-state index contributed by atoms with van der Waals surface area (Å²) in [6.45, 7) is -0.0273. The maximum atomic E-state index is 12.3. The highest BCUT2D eigenvalue weighted by Gasteiger charge is 2.15. The van der Waals surface area contributed by atoms with E-state index in [4.69, 9.17) is 21.8 Å². The van der Waals surface area contributed by atoms with E-state index in [0.717, 1.165) is 11.1 Å². The Hall–Kier alpha value is -2.08. The fourth-order valence-electron chi connectivity index (χ4n) is 2.23. The number of urea groups is 1. The molecule has 0 bridgehead atoms. The normalized spacial score (nSPS) is 10.4. The highest BCUT2D eigenvalue weighted by molar-refractivity contribution is 6.31. The zero-order valence-corrected chi connectivity index (χ0v) is 13.3. The number of nitrogens with one attached hydrogen (secondary N) is 1. The van der Waals surface area contributed by atoms with Gasteiger partial charge in [-0.2, -0.15) is 0 Å². The first-order valence-corrected chi connectivity index (χ1v) is 7.66. The molecular formula is C17H19ClN2O3. The van der Waals surface area contributed by atoms with Gasteiger partial charge in [0.1, 0.15) is 0 Å². The van der Waals surface area contributed by atoms with E-state index in [2.05, 4.69) is 5.32 Å². The number of aliphatic hydroxyl groups is 2. The number of halogens is 1. The van der Waals surface area contributed by atoms with Crippen LogP contribution < -0.4 is 5.32 Å². The molecule has 0 saturated heterocycles. The first-order valence-electron chi connectivity index (χ1n) is 7.28. The van der Waals surface area contributed by atoms with E-state index in [0.29, 0.717) is 10.7 Å². The molecule has 0 aliphatic rings. The number of nitrogens with zero attached hydrogens (tertiary/aromatic N) is 1. The molecule has 2 rings (SSSR count). The van der Waals surface area contributed by atoms with Crippen LogP contribution in [0, 0.1) is 0 Å². The van der Waals surface area contributed by atoms with Gasteiger partial charge < -0.3 is 20.4 Å². The molecule has 6 heteroatoms. The lowest BCUT2D eigenvalue weighted by atomic mass is 10.0. The van der Waals surface area contributed by atoms with E-state index < -0.39 is 0 Å². The van der Waals surface area contributed by atoms with Crippen molar-refractivity contribution in [2.75, 3.05) is 31.6 Å². The van der Waals surface area contributed by atoms with Crippen molar-refractivity contribution >= 4 is 23.3 Å². The minimum absolute atomic E-state index is 0.153. The summed E-state index contributed by atoms with van der Waals surface area (Å²) in [6.07, 6.45) is 0. The van der Waals surface area contributed by atoms with Gasteiger partial charge in [0.05, 0.1) is 18.9 Å². The molecule has 2 aromatic rings. The Labute approximate surface area is 140 Å². The van der Waals surface area contributed by atoms with Crippen LogP contribution in [0.25, 0.3) is 11.1 Å². The Bertz CT molecular complexity index is 644. The van der Waals surface area contributed by atoms with Crippen LogP contribution in [0.15, 0.2) is 48.5 Å². The standard InChI is InChI=1S/C17H19ClN2O3/c18-14-6-7-16(15(12-14)13-4-2-1-3-5-13)19-17(23)20(8-10-21)9-11-22/h1-7,12,21-22H,8-11H2,(H,19,23). The van der Waals surface area contributed by atoms with Gasteiger partial charge in [0.25, 0.3) is 0 Å². The highest BCUT2D eigenvalue weighted by Crippen LogP contribution is 2.30. The van der Waals surface area contributed by atoms with E-state index in [1.54, 1.807) is 18.2 Å². The van der Waals surface area contributed by atoms with Crippen molar-refractivity contribution < 1.29 is 15.0 Å². The Morgan fingerprint density at radius 1 is 1.04 bits per heavy atom. The second kappa shape index (κ2) is 8.53. The SMILES string of the molecule is O=C(Nc1ccc(Cl)cc1-c1ccccc1)N(CCO)CCO. The summed E-state index contributed by atoms with van der Waals surface area (Å²) in [6, 6.07) is 14.4. The molecule has 0 aromatic heterocycles. The second-order valence-electron chi connectivity index (χ2n) is 4.92. The van der Waals surface area contributed by atoms with Crippen LogP contribution in [0.5, 0.6) is 0 Å². The van der Waals surface area contributed by atoms with E-state index >= 15 is 0 Å². The monoisotopic (exact) mass is 334 g/mol. The third-order valence-corrected chi connectivity index (χ3v) is 3.57. The summed E-state index contributed by atoms with van der Waals surface area (Å²) in [4.78, 5) is 13.7. The summed E-state index contributed by atoms with van der Waals surface area (Å²) < 4.78 is 0. The van der Waals surface area contributed by atoms with Crippen LogP contribution in [0.3, 0.4) is 0 Å². The summed E-state index contributed by atoms with van der Waals surface area (Å²) in [5, 5.41) is 21.4. The first kappa shape index (κ1) is 17.3. The van der Waals surface area contributed by atoms with Crippen molar-refractivity contribution in [1.29, 1.82) is 0 Å². The van der Waals surface area contributed by atoms with E-state index in [1.807, 2.05) is 30.3 Å². The molecule has 0 unspecified atom stereocenters. The highest BCUT2D eigenvalue weighted by atomic mass is 35.5. The van der Waals surface area contributed by atoms with Crippen molar-refractivity contribution in [3.8, 4) is 11.1 Å². The number of carbonyl (C=O) groups is 1. The zero-order valence-electron chi connectivity index (χ0n) is 12.6. The smallest absolute Gasteiger partial charge is 0.322 e. The Balaban J connectivity index is 2.27. The predicted octanol–water partition coefficient (Wildman–Crippen LogP) is 2.83. The Morgan fingerprint density at radius 3 is 2.30 bits per heavy atom. The number of hydrogen-bond acceptors (Lipinski definition) is 3. The fourth-order valence-corrected chi connectivity index (χ4v) is 2.40. The van der Waals surface area contributed by atoms with Crippen LogP contribution >= 0.6 is 11.6 Å². The number of rotatable bonds is 6. The molecule has 5 nitrogen and oxygen atoms in total. The predicted molar refractivity (Wildman–Crippen MR) is 91.7 cm³/mol. The summed E-state index contributed by atoms with van der Waals surface area (Å²) >= 11 is 6.08. The second-order valence-corrected chi connectivity index (χ2v) is 5.36. The van der Waals surface area contributed by atoms with Crippen molar-refractivity contribution in [2.45, 2.75) is 0 Å². The van der Waals surface area contributed by atoms with Crippen LogP contribution in [0.2, 0.25) is 5.02 Å². The molecule has 0 spiro atoms. The van der Waals surface area contributed by atoms with E-state index in [1.165, 1.54) is 4.90 Å². The Kier molecular flexibility index (Phi) is 6.40. The molecule has 122 valence electrons. The van der Waals surface area contributed by atoms with Gasteiger partial charge in [-0.25, -0.2) is 4.79 Å². The van der Waals surface area contributed by atoms with Crippen LogP contribution in [0.1, 0.15) is 0 Å². The quantitative estimate of drug-likeness (QED) is 0.760. The minimum Gasteiger partial charge on any atom is -0.395 e. The van der Waals surface area contributed by atoms with Crippen LogP contribution in [-0.2, 0) is 0 Å². The zero-order chi connectivity index (χ0) is 16.7. The molecule has 0 radical (unpaired) electrons. The minimum atomic E-state index is -0.382. The fraction of sp³-hybridized carbons (Fsp3) is 0.235. The lowest BCUT2D eigenvalue weighted by Gasteiger charge is -2.22. The molecule has 3 N–H and O–H groups in total. The maximum absolute atomic E-state index is 12.3. The molecule has 2 amide bonds. The van der Waals surface area contributed by atoms with Gasteiger partial charge in [-0.1, -0.05) is 41.9 Å². The number of anilines is 1. The van der Waals surface area contributed by atoms with Crippen molar-refractivity contribution in [1.82, 2.24) is 4.90 Å². The summed E-state index contributed by atoms with van der Waals surface area (Å²) in [7, 11) is 0. The van der Waals surface area contributed by atoms with Gasteiger partial charge in [-0.3, -0.25) is 0 Å². The van der Waals surface area contributed by atoms with Gasteiger partial charge in [0.15, 0.2) is 0 Å². The van der Waals surface area contributed by atoms with Gasteiger partial charge in [-0.15, -0.1) is 0 Å². The summed E-state index contributed by atoms with van der Waals surface area (Å²) in [5.41, 5.74) is 2.35. The average Bonchev–Trinajstić information content (AvgIpc) is 2.57. The Morgan fingerprint density at radius 2 is 1.70 bits per heavy atom. The van der Waals surface area contributed by atoms with Crippen molar-refractivity contribution in [3.05, 3.63) is 53.6 Å². The lowest BCUT2D eigenvalue weighted by molar-refractivity contribution is 0.167. The molecule has 0 heterocycles. The molecule has 0 atom stereocenters. The lowest BCUT2D eigenvalue weighted by Crippen LogP contribution is -2.39. The van der Waals surface area contributed by atoms with Crippen LogP contribution in [-0.4, -0.2) is 47.4 Å². The van der Waals surface area contributed by atoms with Crippen molar-refractivity contribution in [2.24, 2.45) is 0 Å². The molecule has 0 aliphatic carbocycles. The largest absolute Gasteiger partial charge is 0.395 e. The molecule has 2 aromatic carbocycles. The van der Waals surface area contributed by atoms with Crippen molar-refractivity contribution in [3.63, 3.8) is 0 Å². The van der Waals surface area contributed by atoms with Gasteiger partial charge in [0, 0.05) is 23.7 Å². The third-order valence-electron chi connectivity index (χ3n) is 3.34. The van der Waals surface area contributed by atoms with Gasteiger partial charge in [-0.05, 0) is 23.8 Å². The third kappa shape index (κ3) is 4.69. The number of carbonyl (C=O) groups excluding carboxylic acids is 1. The van der Waals surface area contributed by atoms with Crippen LogP contribution in [0.4, 0.5) is 10.5 Å². The number of aliphatic hydroxyl groups excluding tert-OH is 2. The summed E-state index contributed by atoms with van der Waals surface area (Å²) in [5.74, 6) is 0. The molecular weight excluding hydrogens is 316 g/mol. The van der Waals surface area contributed by atoms with E-state index in [9.17, 15) is 4.79 Å². The molecule has 0 aliphatic heterocycles.